The molecule has 0 amide bonds. The van der Waals surface area contributed by atoms with Crippen LogP contribution in [0.15, 0.2) is 24.3 Å². The summed E-state index contributed by atoms with van der Waals surface area (Å²) in [4.78, 5) is 2.29. The van der Waals surface area contributed by atoms with Crippen LogP contribution in [0.3, 0.4) is 0 Å². The van der Waals surface area contributed by atoms with E-state index in [9.17, 15) is 5.11 Å². The Morgan fingerprint density at radius 2 is 2.25 bits per heavy atom. The monoisotopic (exact) mass is 280 g/mol. The largest absolute Gasteiger partial charge is 0.497 e. The number of hydrogen-bond donors (Lipinski definition) is 2. The van der Waals surface area contributed by atoms with Crippen LogP contribution in [-0.2, 0) is 0 Å². The molecule has 2 rings (SSSR count). The molecule has 1 saturated heterocycles. The minimum absolute atomic E-state index is 0.280. The van der Waals surface area contributed by atoms with Crippen molar-refractivity contribution in [3.63, 3.8) is 0 Å². The molecular weight excluding hydrogens is 256 g/mol. The third-order valence-electron chi connectivity index (χ3n) is 3.52. The summed E-state index contributed by atoms with van der Waals surface area (Å²) in [6, 6.07) is 7.88. The normalized spacial score (nSPS) is 20.9. The average Bonchev–Trinajstić information content (AvgIpc) is 2.89. The topological polar surface area (TPSA) is 54.0 Å². The first kappa shape index (κ1) is 15.1. The van der Waals surface area contributed by atoms with Crippen molar-refractivity contribution in [1.82, 2.24) is 10.2 Å². The van der Waals surface area contributed by atoms with E-state index in [0.717, 1.165) is 25.3 Å². The maximum absolute atomic E-state index is 9.93. The van der Waals surface area contributed by atoms with Gasteiger partial charge in [0.15, 0.2) is 0 Å². The van der Waals surface area contributed by atoms with Crippen LogP contribution in [0.5, 0.6) is 11.5 Å². The molecule has 0 aromatic heterocycles. The first-order chi connectivity index (χ1) is 9.67. The van der Waals surface area contributed by atoms with Crippen LogP contribution >= 0.6 is 0 Å². The summed E-state index contributed by atoms with van der Waals surface area (Å²) in [6.07, 6.45) is 0.632. The summed E-state index contributed by atoms with van der Waals surface area (Å²) in [6.45, 7) is 3.00. The molecule has 20 heavy (non-hydrogen) atoms. The predicted octanol–water partition coefficient (Wildman–Crippen LogP) is 0.729. The number of nitrogens with one attached hydrogen (secondary N) is 1. The fourth-order valence-electron chi connectivity index (χ4n) is 2.35. The van der Waals surface area contributed by atoms with Gasteiger partial charge in [-0.1, -0.05) is 6.07 Å². The second-order valence-corrected chi connectivity index (χ2v) is 5.30. The molecule has 2 unspecified atom stereocenters. The van der Waals surface area contributed by atoms with Gasteiger partial charge in [0, 0.05) is 25.2 Å². The number of benzene rings is 1. The van der Waals surface area contributed by atoms with E-state index in [1.807, 2.05) is 24.3 Å². The lowest BCUT2D eigenvalue weighted by molar-refractivity contribution is 0.104. The van der Waals surface area contributed by atoms with E-state index in [4.69, 9.17) is 9.47 Å². The van der Waals surface area contributed by atoms with Gasteiger partial charge in [-0.25, -0.2) is 0 Å². The number of aliphatic hydroxyl groups excluding tert-OH is 1. The molecule has 2 atom stereocenters. The minimum Gasteiger partial charge on any atom is -0.497 e. The summed E-state index contributed by atoms with van der Waals surface area (Å²) >= 11 is 0. The lowest BCUT2D eigenvalue weighted by Crippen LogP contribution is -2.39. The third kappa shape index (κ3) is 4.67. The van der Waals surface area contributed by atoms with E-state index >= 15 is 0 Å². The van der Waals surface area contributed by atoms with Crippen LogP contribution in [0.2, 0.25) is 0 Å². The van der Waals surface area contributed by atoms with Crippen LogP contribution in [0.25, 0.3) is 0 Å². The van der Waals surface area contributed by atoms with E-state index in [1.165, 1.54) is 0 Å². The van der Waals surface area contributed by atoms with Gasteiger partial charge in [0.25, 0.3) is 0 Å². The molecule has 2 N–H and O–H groups in total. The SMILES string of the molecule is COc1cccc(OCC(O)CNC2CCN(C)C2)c1. The zero-order valence-electron chi connectivity index (χ0n) is 12.2. The Morgan fingerprint density at radius 3 is 2.95 bits per heavy atom. The lowest BCUT2D eigenvalue weighted by Gasteiger charge is -2.17. The van der Waals surface area contributed by atoms with Gasteiger partial charge in [0.2, 0.25) is 0 Å². The van der Waals surface area contributed by atoms with Crippen molar-refractivity contribution >= 4 is 0 Å². The van der Waals surface area contributed by atoms with E-state index in [0.29, 0.717) is 18.3 Å². The molecule has 0 aliphatic carbocycles. The molecular formula is C15H24N2O3. The molecule has 0 radical (unpaired) electrons. The summed E-state index contributed by atoms with van der Waals surface area (Å²) in [5.74, 6) is 1.47. The molecule has 0 saturated carbocycles. The van der Waals surface area contributed by atoms with Gasteiger partial charge in [0.1, 0.15) is 24.2 Å². The molecule has 5 nitrogen and oxygen atoms in total. The van der Waals surface area contributed by atoms with Crippen molar-refractivity contribution in [1.29, 1.82) is 0 Å². The third-order valence-corrected chi connectivity index (χ3v) is 3.52. The van der Waals surface area contributed by atoms with Gasteiger partial charge in [0.05, 0.1) is 7.11 Å². The quantitative estimate of drug-likeness (QED) is 0.771. The van der Waals surface area contributed by atoms with E-state index in [-0.39, 0.29) is 6.61 Å². The minimum atomic E-state index is -0.507. The molecule has 1 aliphatic rings. The van der Waals surface area contributed by atoms with Crippen molar-refractivity contribution in [2.45, 2.75) is 18.6 Å². The highest BCUT2D eigenvalue weighted by molar-refractivity contribution is 5.32. The highest BCUT2D eigenvalue weighted by Gasteiger charge is 2.19. The van der Waals surface area contributed by atoms with Crippen molar-refractivity contribution < 1.29 is 14.6 Å². The number of hydrogen-bond acceptors (Lipinski definition) is 5. The first-order valence-electron chi connectivity index (χ1n) is 7.04. The Morgan fingerprint density at radius 1 is 1.45 bits per heavy atom. The summed E-state index contributed by atoms with van der Waals surface area (Å²) in [5.41, 5.74) is 0. The molecule has 1 fully saturated rings. The zero-order chi connectivity index (χ0) is 14.4. The van der Waals surface area contributed by atoms with Crippen LogP contribution < -0.4 is 14.8 Å². The fourth-order valence-corrected chi connectivity index (χ4v) is 2.35. The van der Waals surface area contributed by atoms with E-state index in [1.54, 1.807) is 7.11 Å². The number of rotatable bonds is 7. The fraction of sp³-hybridized carbons (Fsp3) is 0.600. The number of ether oxygens (including phenoxy) is 2. The Hall–Kier alpha value is -1.30. The first-order valence-corrected chi connectivity index (χ1v) is 7.04. The summed E-state index contributed by atoms with van der Waals surface area (Å²) in [7, 11) is 3.74. The van der Waals surface area contributed by atoms with Crippen molar-refractivity contribution in [2.24, 2.45) is 0 Å². The molecule has 1 aromatic rings. The Bertz CT molecular complexity index is 414. The van der Waals surface area contributed by atoms with Crippen molar-refractivity contribution in [3.05, 3.63) is 24.3 Å². The number of likely N-dealkylation sites (tertiary alicyclic amines) is 1. The van der Waals surface area contributed by atoms with Gasteiger partial charge >= 0.3 is 0 Å². The Labute approximate surface area is 120 Å². The standard InChI is InChI=1S/C15H24N2O3/c1-17-7-6-12(10-17)16-9-13(18)11-20-15-5-3-4-14(8-15)19-2/h3-5,8,12-13,16,18H,6-7,9-11H2,1-2H3. The van der Waals surface area contributed by atoms with Gasteiger partial charge in [-0.2, -0.15) is 0 Å². The Balaban J connectivity index is 1.67. The number of methoxy groups -OCH3 is 1. The molecule has 0 bridgehead atoms. The predicted molar refractivity (Wildman–Crippen MR) is 78.4 cm³/mol. The second-order valence-electron chi connectivity index (χ2n) is 5.30. The smallest absolute Gasteiger partial charge is 0.123 e. The lowest BCUT2D eigenvalue weighted by atomic mass is 10.2. The summed E-state index contributed by atoms with van der Waals surface area (Å²) in [5, 5.41) is 13.3. The van der Waals surface area contributed by atoms with Crippen LogP contribution in [0.4, 0.5) is 0 Å². The van der Waals surface area contributed by atoms with Crippen LogP contribution in [0, 0.1) is 0 Å². The van der Waals surface area contributed by atoms with Gasteiger partial charge in [-0.15, -0.1) is 0 Å². The van der Waals surface area contributed by atoms with Crippen LogP contribution in [0.1, 0.15) is 6.42 Å². The average molecular weight is 280 g/mol. The molecule has 5 heteroatoms. The van der Waals surface area contributed by atoms with Crippen LogP contribution in [-0.4, -0.2) is 62.6 Å². The Kier molecular flexibility index (Phi) is 5.64. The zero-order valence-corrected chi connectivity index (χ0v) is 12.2. The number of nitrogens with zero attached hydrogens (tertiary/aromatic N) is 1. The van der Waals surface area contributed by atoms with Gasteiger partial charge in [-0.3, -0.25) is 0 Å². The molecule has 112 valence electrons. The molecule has 0 spiro atoms. The van der Waals surface area contributed by atoms with Gasteiger partial charge < -0.3 is 24.8 Å². The maximum Gasteiger partial charge on any atom is 0.123 e. The maximum atomic E-state index is 9.93. The summed E-state index contributed by atoms with van der Waals surface area (Å²) < 4.78 is 10.7. The second kappa shape index (κ2) is 7.47. The van der Waals surface area contributed by atoms with Crippen molar-refractivity contribution in [3.8, 4) is 11.5 Å². The molecule has 1 aromatic carbocycles. The van der Waals surface area contributed by atoms with Gasteiger partial charge in [-0.05, 0) is 32.1 Å². The molecule has 1 heterocycles. The number of likely N-dealkylation sites (N-methyl/N-ethyl adjacent to an activating group) is 1. The highest BCUT2D eigenvalue weighted by atomic mass is 16.5. The van der Waals surface area contributed by atoms with Crippen molar-refractivity contribution in [2.75, 3.05) is 40.4 Å². The highest BCUT2D eigenvalue weighted by Crippen LogP contribution is 2.18. The van der Waals surface area contributed by atoms with E-state index in [2.05, 4.69) is 17.3 Å². The van der Waals surface area contributed by atoms with E-state index < -0.39 is 6.10 Å². The number of aliphatic hydroxyl groups is 1. The molecule has 1 aliphatic heterocycles.